The first-order chi connectivity index (χ1) is 12.7. The molecule has 0 aromatic rings. The zero-order chi connectivity index (χ0) is 19.8. The third-order valence-electron chi connectivity index (χ3n) is 5.50. The van der Waals surface area contributed by atoms with Crippen molar-refractivity contribution in [1.82, 2.24) is 20.3 Å². The summed E-state index contributed by atoms with van der Waals surface area (Å²) < 4.78 is 34.9. The molecular weight excluding hydrogens is 380 g/mol. The molecule has 0 aromatic carbocycles. The van der Waals surface area contributed by atoms with Gasteiger partial charge in [-0.1, -0.05) is 0 Å². The second-order valence-electron chi connectivity index (χ2n) is 7.49. The van der Waals surface area contributed by atoms with Crippen LogP contribution in [0.1, 0.15) is 38.5 Å². The fourth-order valence-corrected chi connectivity index (χ4v) is 4.38. The SMILES string of the molecule is CN(C)C1CCC(ONC(=O)C2CCC3CN2C(=O)N3OS(=O)(=O)O)CC1. The number of carbonyl (C=O) groups excluding carboxylic acids is 2. The molecule has 0 radical (unpaired) electrons. The van der Waals surface area contributed by atoms with E-state index in [2.05, 4.69) is 14.7 Å². The van der Waals surface area contributed by atoms with E-state index in [1.54, 1.807) is 0 Å². The lowest BCUT2D eigenvalue weighted by atomic mass is 9.92. The van der Waals surface area contributed by atoms with E-state index < -0.39 is 34.4 Å². The maximum atomic E-state index is 12.5. The number of hydrogen-bond acceptors (Lipinski definition) is 7. The summed E-state index contributed by atoms with van der Waals surface area (Å²) in [6.45, 7) is 0.153. The molecule has 2 heterocycles. The maximum absolute atomic E-state index is 12.5. The van der Waals surface area contributed by atoms with Crippen molar-refractivity contribution in [2.45, 2.75) is 62.8 Å². The van der Waals surface area contributed by atoms with Crippen LogP contribution in [0.5, 0.6) is 0 Å². The van der Waals surface area contributed by atoms with Gasteiger partial charge in [-0.2, -0.15) is 13.5 Å². The van der Waals surface area contributed by atoms with Gasteiger partial charge in [0.2, 0.25) is 0 Å². The molecule has 2 aliphatic heterocycles. The Morgan fingerprint density at radius 1 is 1.19 bits per heavy atom. The topological polar surface area (TPSA) is 129 Å². The molecule has 27 heavy (non-hydrogen) atoms. The van der Waals surface area contributed by atoms with Crippen molar-refractivity contribution < 1.29 is 31.7 Å². The molecule has 1 aliphatic carbocycles. The number of hydroxylamine groups is 3. The van der Waals surface area contributed by atoms with Gasteiger partial charge in [-0.05, 0) is 52.6 Å². The summed E-state index contributed by atoms with van der Waals surface area (Å²) in [5, 5.41) is 0.617. The van der Waals surface area contributed by atoms with Crippen LogP contribution in [0, 0.1) is 0 Å². The molecular formula is C15H26N4O7S. The molecule has 3 aliphatic rings. The number of nitrogens with one attached hydrogen (secondary N) is 1. The van der Waals surface area contributed by atoms with Crippen LogP contribution in [0.15, 0.2) is 0 Å². The van der Waals surface area contributed by atoms with Gasteiger partial charge in [0, 0.05) is 12.6 Å². The van der Waals surface area contributed by atoms with Gasteiger partial charge in [0.15, 0.2) is 0 Å². The highest BCUT2D eigenvalue weighted by Gasteiger charge is 2.49. The van der Waals surface area contributed by atoms with Gasteiger partial charge in [-0.25, -0.2) is 10.3 Å². The van der Waals surface area contributed by atoms with Crippen LogP contribution in [0.3, 0.4) is 0 Å². The van der Waals surface area contributed by atoms with E-state index in [0.29, 0.717) is 23.9 Å². The number of hydrogen-bond donors (Lipinski definition) is 2. The van der Waals surface area contributed by atoms with E-state index >= 15 is 0 Å². The third kappa shape index (κ3) is 4.69. The van der Waals surface area contributed by atoms with Crippen LogP contribution in [0.4, 0.5) is 4.79 Å². The molecule has 2 unspecified atom stereocenters. The number of urea groups is 1. The van der Waals surface area contributed by atoms with Gasteiger partial charge in [0.25, 0.3) is 5.91 Å². The Bertz CT molecular complexity index is 678. The molecule has 3 fully saturated rings. The van der Waals surface area contributed by atoms with E-state index in [0.717, 1.165) is 25.7 Å². The summed E-state index contributed by atoms with van der Waals surface area (Å²) in [6.07, 6.45) is 4.34. The third-order valence-corrected chi connectivity index (χ3v) is 5.85. The van der Waals surface area contributed by atoms with Crippen LogP contribution in [0.25, 0.3) is 0 Å². The Morgan fingerprint density at radius 3 is 2.44 bits per heavy atom. The summed E-state index contributed by atoms with van der Waals surface area (Å²) in [4.78, 5) is 33.7. The Kier molecular flexibility index (Phi) is 5.91. The zero-order valence-electron chi connectivity index (χ0n) is 15.4. The van der Waals surface area contributed by atoms with Gasteiger partial charge in [-0.3, -0.25) is 14.2 Å². The molecule has 2 saturated heterocycles. The van der Waals surface area contributed by atoms with Gasteiger partial charge >= 0.3 is 16.4 Å². The summed E-state index contributed by atoms with van der Waals surface area (Å²) in [5.74, 6) is -0.440. The van der Waals surface area contributed by atoms with E-state index in [9.17, 15) is 18.0 Å². The lowest BCUT2D eigenvalue weighted by Gasteiger charge is -2.33. The average molecular weight is 406 g/mol. The molecule has 0 aromatic heterocycles. The molecule has 2 bridgehead atoms. The molecule has 2 atom stereocenters. The van der Waals surface area contributed by atoms with Crippen molar-refractivity contribution in [3.05, 3.63) is 0 Å². The normalized spacial score (nSPS) is 31.5. The predicted octanol–water partition coefficient (Wildman–Crippen LogP) is -0.0900. The molecule has 2 N–H and O–H groups in total. The smallest absolute Gasteiger partial charge is 0.309 e. The fourth-order valence-electron chi connectivity index (χ4n) is 3.99. The van der Waals surface area contributed by atoms with Crippen molar-refractivity contribution in [2.75, 3.05) is 20.6 Å². The van der Waals surface area contributed by atoms with Crippen molar-refractivity contribution in [2.24, 2.45) is 0 Å². The minimum Gasteiger partial charge on any atom is -0.309 e. The van der Waals surface area contributed by atoms with E-state index in [1.165, 1.54) is 4.90 Å². The minimum atomic E-state index is -4.80. The molecule has 154 valence electrons. The van der Waals surface area contributed by atoms with Crippen molar-refractivity contribution in [1.29, 1.82) is 0 Å². The number of fused-ring (bicyclic) bond motifs is 2. The van der Waals surface area contributed by atoms with Gasteiger partial charge in [0.1, 0.15) is 6.04 Å². The Morgan fingerprint density at radius 2 is 1.85 bits per heavy atom. The Labute approximate surface area is 158 Å². The van der Waals surface area contributed by atoms with Crippen LogP contribution in [0.2, 0.25) is 0 Å². The molecule has 3 amide bonds. The van der Waals surface area contributed by atoms with E-state index in [1.807, 2.05) is 14.1 Å². The summed E-state index contributed by atoms with van der Waals surface area (Å²) in [6, 6.07) is -1.53. The van der Waals surface area contributed by atoms with E-state index in [4.69, 9.17) is 9.39 Å². The number of amides is 3. The molecule has 0 spiro atoms. The van der Waals surface area contributed by atoms with E-state index in [-0.39, 0.29) is 12.6 Å². The highest BCUT2D eigenvalue weighted by molar-refractivity contribution is 7.80. The second-order valence-corrected chi connectivity index (χ2v) is 8.49. The lowest BCUT2D eigenvalue weighted by Crippen LogP contribution is -2.50. The van der Waals surface area contributed by atoms with Gasteiger partial charge in [0.05, 0.1) is 12.1 Å². The number of piperidine rings is 1. The van der Waals surface area contributed by atoms with Crippen LogP contribution in [-0.2, 0) is 24.3 Å². The first-order valence-electron chi connectivity index (χ1n) is 9.04. The summed E-state index contributed by atoms with van der Waals surface area (Å²) >= 11 is 0. The molecule has 1 saturated carbocycles. The van der Waals surface area contributed by atoms with Crippen LogP contribution < -0.4 is 5.48 Å². The second kappa shape index (κ2) is 7.87. The number of carbonyl (C=O) groups is 2. The van der Waals surface area contributed by atoms with Crippen LogP contribution >= 0.6 is 0 Å². The fraction of sp³-hybridized carbons (Fsp3) is 0.867. The standard InChI is InChI=1S/C15H26N4O7S/c1-17(2)10-3-6-12(7-4-10)25-16-14(20)13-8-5-11-9-18(13)15(21)19(11)26-27(22,23)24/h10-13H,3-9H2,1-2H3,(H,16,20)(H,22,23,24). The number of nitrogens with zero attached hydrogens (tertiary/aromatic N) is 3. The Hall–Kier alpha value is -1.47. The molecule has 12 heteroatoms. The van der Waals surface area contributed by atoms with Gasteiger partial charge < -0.3 is 9.80 Å². The van der Waals surface area contributed by atoms with Crippen LogP contribution in [-0.4, -0.2) is 84.6 Å². The first-order valence-corrected chi connectivity index (χ1v) is 10.4. The lowest BCUT2D eigenvalue weighted by molar-refractivity contribution is -0.145. The maximum Gasteiger partial charge on any atom is 0.418 e. The minimum absolute atomic E-state index is 0.0601. The quantitative estimate of drug-likeness (QED) is 0.463. The number of rotatable bonds is 6. The summed E-state index contributed by atoms with van der Waals surface area (Å²) in [5.41, 5.74) is 2.46. The molecule has 11 nitrogen and oxygen atoms in total. The van der Waals surface area contributed by atoms with Crippen molar-refractivity contribution in [3.63, 3.8) is 0 Å². The van der Waals surface area contributed by atoms with Gasteiger partial charge in [-0.15, -0.1) is 4.28 Å². The highest BCUT2D eigenvalue weighted by Crippen LogP contribution is 2.31. The van der Waals surface area contributed by atoms with Crippen molar-refractivity contribution in [3.8, 4) is 0 Å². The first kappa shape index (κ1) is 20.3. The largest absolute Gasteiger partial charge is 0.418 e. The highest BCUT2D eigenvalue weighted by atomic mass is 32.3. The average Bonchev–Trinajstić information content (AvgIpc) is 2.83. The zero-order valence-corrected chi connectivity index (χ0v) is 16.2. The summed E-state index contributed by atoms with van der Waals surface area (Å²) in [7, 11) is -0.707. The predicted molar refractivity (Wildman–Crippen MR) is 92.3 cm³/mol. The van der Waals surface area contributed by atoms with Crippen molar-refractivity contribution >= 4 is 22.3 Å². The monoisotopic (exact) mass is 406 g/mol. The molecule has 3 rings (SSSR count). The Balaban J connectivity index is 1.51.